The van der Waals surface area contributed by atoms with Crippen LogP contribution in [0, 0.1) is 5.92 Å². The molecule has 3 rings (SSSR count). The lowest BCUT2D eigenvalue weighted by Gasteiger charge is -2.49. The van der Waals surface area contributed by atoms with Gasteiger partial charge in [-0.2, -0.15) is 0 Å². The van der Waals surface area contributed by atoms with Crippen molar-refractivity contribution in [2.24, 2.45) is 5.92 Å². The van der Waals surface area contributed by atoms with Gasteiger partial charge in [-0.1, -0.05) is 43.1 Å². The summed E-state index contributed by atoms with van der Waals surface area (Å²) in [5.41, 5.74) is 1.67. The molecule has 2 fully saturated rings. The number of benzene rings is 1. The van der Waals surface area contributed by atoms with Crippen LogP contribution in [-0.2, 0) is 5.41 Å². The molecule has 2 saturated carbocycles. The van der Waals surface area contributed by atoms with Gasteiger partial charge in [-0.25, -0.2) is 0 Å². The van der Waals surface area contributed by atoms with Crippen molar-refractivity contribution in [1.82, 2.24) is 5.32 Å². The smallest absolute Gasteiger partial charge is 0.0444 e. The summed E-state index contributed by atoms with van der Waals surface area (Å²) in [6, 6.07) is 9.20. The van der Waals surface area contributed by atoms with Gasteiger partial charge in [0.2, 0.25) is 0 Å². The Bertz CT molecular complexity index is 419. The van der Waals surface area contributed by atoms with Crippen LogP contribution in [0.2, 0.25) is 5.02 Å². The zero-order chi connectivity index (χ0) is 12.6. The quantitative estimate of drug-likeness (QED) is 0.842. The summed E-state index contributed by atoms with van der Waals surface area (Å²) in [6.45, 7) is 3.41. The van der Waals surface area contributed by atoms with Crippen LogP contribution >= 0.6 is 11.6 Å². The average molecular weight is 264 g/mol. The lowest BCUT2D eigenvalue weighted by Crippen LogP contribution is -2.49. The summed E-state index contributed by atoms with van der Waals surface area (Å²) in [7, 11) is 0. The molecule has 1 aromatic carbocycles. The summed E-state index contributed by atoms with van der Waals surface area (Å²) in [4.78, 5) is 0. The van der Waals surface area contributed by atoms with E-state index in [1.165, 1.54) is 37.7 Å². The second-order valence-electron chi connectivity index (χ2n) is 6.10. The highest BCUT2D eigenvalue weighted by Crippen LogP contribution is 2.50. The minimum absolute atomic E-state index is 0.307. The molecule has 0 atom stereocenters. The minimum atomic E-state index is 0.307. The summed E-state index contributed by atoms with van der Waals surface area (Å²) in [6.07, 6.45) is 6.61. The van der Waals surface area contributed by atoms with E-state index < -0.39 is 0 Å². The molecule has 0 amide bonds. The van der Waals surface area contributed by atoms with Crippen molar-refractivity contribution in [2.45, 2.75) is 50.5 Å². The fraction of sp³-hybridized carbons (Fsp3) is 0.625. The maximum atomic E-state index is 6.42. The molecular weight excluding hydrogens is 242 g/mol. The highest BCUT2D eigenvalue weighted by molar-refractivity contribution is 6.31. The Hall–Kier alpha value is -0.530. The Kier molecular flexibility index (Phi) is 3.38. The van der Waals surface area contributed by atoms with Gasteiger partial charge in [0.15, 0.2) is 0 Å². The van der Waals surface area contributed by atoms with Crippen LogP contribution in [0.3, 0.4) is 0 Å². The van der Waals surface area contributed by atoms with E-state index in [2.05, 4.69) is 24.4 Å². The van der Waals surface area contributed by atoms with E-state index in [-0.39, 0.29) is 0 Å². The molecule has 0 spiro atoms. The Morgan fingerprint density at radius 3 is 2.61 bits per heavy atom. The Labute approximate surface area is 115 Å². The summed E-state index contributed by atoms with van der Waals surface area (Å²) in [5, 5.41) is 4.66. The SMILES string of the molecule is CCC1CC(CNC2CC2)(c2ccccc2Cl)C1. The van der Waals surface area contributed by atoms with Crippen LogP contribution in [0.1, 0.15) is 44.6 Å². The van der Waals surface area contributed by atoms with Gasteiger partial charge in [0.05, 0.1) is 0 Å². The molecule has 18 heavy (non-hydrogen) atoms. The molecule has 0 aliphatic heterocycles. The molecule has 2 heteroatoms. The first-order valence-corrected chi connectivity index (χ1v) is 7.60. The molecule has 2 aliphatic carbocycles. The monoisotopic (exact) mass is 263 g/mol. The molecule has 1 N–H and O–H groups in total. The maximum absolute atomic E-state index is 6.42. The second kappa shape index (κ2) is 4.86. The third-order valence-corrected chi connectivity index (χ3v) is 5.02. The first-order chi connectivity index (χ1) is 8.73. The van der Waals surface area contributed by atoms with Crippen molar-refractivity contribution in [3.05, 3.63) is 34.9 Å². The van der Waals surface area contributed by atoms with Gasteiger partial charge in [-0.3, -0.25) is 0 Å². The van der Waals surface area contributed by atoms with Crippen molar-refractivity contribution in [2.75, 3.05) is 6.54 Å². The van der Waals surface area contributed by atoms with Crippen molar-refractivity contribution in [3.63, 3.8) is 0 Å². The van der Waals surface area contributed by atoms with Crippen molar-refractivity contribution >= 4 is 11.6 Å². The fourth-order valence-corrected chi connectivity index (χ4v) is 3.65. The number of nitrogens with one attached hydrogen (secondary N) is 1. The van der Waals surface area contributed by atoms with E-state index in [0.29, 0.717) is 5.41 Å². The number of halogens is 1. The van der Waals surface area contributed by atoms with Gasteiger partial charge in [-0.05, 0) is 43.2 Å². The Morgan fingerprint density at radius 1 is 1.28 bits per heavy atom. The molecule has 98 valence electrons. The number of rotatable bonds is 5. The van der Waals surface area contributed by atoms with Crippen molar-refractivity contribution in [3.8, 4) is 0 Å². The number of hydrogen-bond donors (Lipinski definition) is 1. The zero-order valence-electron chi connectivity index (χ0n) is 11.1. The van der Waals surface area contributed by atoms with Crippen LogP contribution in [0.25, 0.3) is 0 Å². The molecule has 1 nitrogen and oxygen atoms in total. The third-order valence-electron chi connectivity index (χ3n) is 4.69. The third kappa shape index (κ3) is 2.31. The zero-order valence-corrected chi connectivity index (χ0v) is 11.8. The second-order valence-corrected chi connectivity index (χ2v) is 6.51. The van der Waals surface area contributed by atoms with E-state index in [9.17, 15) is 0 Å². The maximum Gasteiger partial charge on any atom is 0.0444 e. The van der Waals surface area contributed by atoms with E-state index in [1.807, 2.05) is 12.1 Å². The molecule has 0 unspecified atom stereocenters. The van der Waals surface area contributed by atoms with Gasteiger partial charge in [0.25, 0.3) is 0 Å². The highest BCUT2D eigenvalue weighted by atomic mass is 35.5. The van der Waals surface area contributed by atoms with Gasteiger partial charge < -0.3 is 5.32 Å². The number of hydrogen-bond acceptors (Lipinski definition) is 1. The standard InChI is InChI=1S/C16H22ClN/c1-2-12-9-16(10-12,11-18-13-7-8-13)14-5-3-4-6-15(14)17/h3-6,12-13,18H,2,7-11H2,1H3. The van der Waals surface area contributed by atoms with Gasteiger partial charge in [0.1, 0.15) is 0 Å². The summed E-state index contributed by atoms with van der Waals surface area (Å²) in [5.74, 6) is 0.891. The van der Waals surface area contributed by atoms with Crippen LogP contribution in [0.4, 0.5) is 0 Å². The molecule has 0 bridgehead atoms. The van der Waals surface area contributed by atoms with Gasteiger partial charge in [0, 0.05) is 23.0 Å². The van der Waals surface area contributed by atoms with Crippen LogP contribution in [0.15, 0.2) is 24.3 Å². The van der Waals surface area contributed by atoms with E-state index in [0.717, 1.165) is 23.5 Å². The molecule has 1 aromatic rings. The topological polar surface area (TPSA) is 12.0 Å². The highest BCUT2D eigenvalue weighted by Gasteiger charge is 2.45. The largest absolute Gasteiger partial charge is 0.313 e. The summed E-state index contributed by atoms with van der Waals surface area (Å²) < 4.78 is 0. The molecule has 0 radical (unpaired) electrons. The Morgan fingerprint density at radius 2 is 2.00 bits per heavy atom. The minimum Gasteiger partial charge on any atom is -0.313 e. The lowest BCUT2D eigenvalue weighted by atomic mass is 9.58. The van der Waals surface area contributed by atoms with Crippen LogP contribution < -0.4 is 5.32 Å². The predicted molar refractivity (Wildman–Crippen MR) is 77.2 cm³/mol. The molecule has 0 heterocycles. The van der Waals surface area contributed by atoms with Gasteiger partial charge in [-0.15, -0.1) is 0 Å². The molecule has 0 aromatic heterocycles. The van der Waals surface area contributed by atoms with E-state index in [1.54, 1.807) is 0 Å². The first-order valence-electron chi connectivity index (χ1n) is 7.22. The van der Waals surface area contributed by atoms with Crippen LogP contribution in [-0.4, -0.2) is 12.6 Å². The van der Waals surface area contributed by atoms with Crippen molar-refractivity contribution in [1.29, 1.82) is 0 Å². The predicted octanol–water partition coefficient (Wildman–Crippen LogP) is 4.15. The van der Waals surface area contributed by atoms with Crippen molar-refractivity contribution < 1.29 is 0 Å². The normalized spacial score (nSPS) is 31.1. The first kappa shape index (κ1) is 12.5. The Balaban J connectivity index is 1.79. The summed E-state index contributed by atoms with van der Waals surface area (Å²) >= 11 is 6.42. The van der Waals surface area contributed by atoms with E-state index >= 15 is 0 Å². The average Bonchev–Trinajstić information content (AvgIpc) is 3.13. The van der Waals surface area contributed by atoms with Crippen LogP contribution in [0.5, 0.6) is 0 Å². The molecule has 2 aliphatic rings. The lowest BCUT2D eigenvalue weighted by molar-refractivity contribution is 0.133. The fourth-order valence-electron chi connectivity index (χ4n) is 3.31. The van der Waals surface area contributed by atoms with Gasteiger partial charge >= 0.3 is 0 Å². The van der Waals surface area contributed by atoms with E-state index in [4.69, 9.17) is 11.6 Å². The molecular formula is C16H22ClN. The molecule has 0 saturated heterocycles.